The number of hydrogen-bond donors (Lipinski definition) is 2. The highest BCUT2D eigenvalue weighted by Crippen LogP contribution is 2.40. The van der Waals surface area contributed by atoms with Crippen molar-refractivity contribution in [1.82, 2.24) is 34.9 Å². The molecule has 6 heterocycles. The molecule has 1 unspecified atom stereocenters. The summed E-state index contributed by atoms with van der Waals surface area (Å²) in [5.41, 5.74) is 3.54. The first-order valence-corrected chi connectivity index (χ1v) is 19.9. The van der Waals surface area contributed by atoms with E-state index in [0.29, 0.717) is 85.3 Å². The summed E-state index contributed by atoms with van der Waals surface area (Å²) in [6.45, 7) is 3.88. The summed E-state index contributed by atoms with van der Waals surface area (Å²) >= 11 is 0. The fourth-order valence-corrected chi connectivity index (χ4v) is 8.64. The minimum absolute atomic E-state index is 0.0135. The van der Waals surface area contributed by atoms with Gasteiger partial charge in [-0.25, -0.2) is 18.2 Å². The van der Waals surface area contributed by atoms with Gasteiger partial charge in [0.2, 0.25) is 17.7 Å². The van der Waals surface area contributed by atoms with E-state index >= 15 is 13.2 Å². The zero-order valence-electron chi connectivity index (χ0n) is 33.2. The summed E-state index contributed by atoms with van der Waals surface area (Å²) in [6.07, 6.45) is 7.82. The first kappa shape index (κ1) is 39.6. The van der Waals surface area contributed by atoms with Crippen LogP contribution >= 0.6 is 0 Å². The van der Waals surface area contributed by atoms with Crippen LogP contribution in [0.2, 0.25) is 0 Å². The van der Waals surface area contributed by atoms with Gasteiger partial charge in [0.25, 0.3) is 5.91 Å². The Bertz CT molecular complexity index is 2500. The van der Waals surface area contributed by atoms with E-state index in [1.54, 1.807) is 60.3 Å². The number of nitrogens with one attached hydrogen (secondary N) is 2. The Morgan fingerprint density at radius 2 is 1.76 bits per heavy atom. The van der Waals surface area contributed by atoms with Crippen molar-refractivity contribution < 1.29 is 32.3 Å². The molecule has 15 heteroatoms. The lowest BCUT2D eigenvalue weighted by molar-refractivity contribution is -0.134. The highest BCUT2D eigenvalue weighted by atomic mass is 19.1. The number of amides is 4. The number of piperidine rings is 2. The average Bonchev–Trinajstić information content (AvgIpc) is 3.92. The van der Waals surface area contributed by atoms with Crippen LogP contribution < -0.4 is 10.2 Å². The number of imide groups is 1. The van der Waals surface area contributed by atoms with E-state index in [9.17, 15) is 19.2 Å². The molecule has 3 aliphatic heterocycles. The van der Waals surface area contributed by atoms with Gasteiger partial charge in [-0.2, -0.15) is 5.10 Å². The molecule has 59 heavy (non-hydrogen) atoms. The van der Waals surface area contributed by atoms with Crippen molar-refractivity contribution >= 4 is 45.8 Å². The molecule has 5 aromatic rings. The second-order valence-corrected chi connectivity index (χ2v) is 15.8. The van der Waals surface area contributed by atoms with Crippen LogP contribution in [0.3, 0.4) is 0 Å². The quantitative estimate of drug-likeness (QED) is 0.163. The smallest absolute Gasteiger partial charge is 0.269 e. The van der Waals surface area contributed by atoms with E-state index < -0.39 is 29.3 Å². The van der Waals surface area contributed by atoms with E-state index in [4.69, 9.17) is 4.98 Å². The number of fused-ring (bicyclic) bond motifs is 1. The van der Waals surface area contributed by atoms with E-state index in [2.05, 4.69) is 15.4 Å². The number of aryl methyl sites for hydroxylation is 2. The van der Waals surface area contributed by atoms with Gasteiger partial charge in [0.1, 0.15) is 23.0 Å². The largest absolute Gasteiger partial charge is 0.369 e. The molecular weight excluding hydrogens is 762 g/mol. The molecule has 2 saturated heterocycles. The molecule has 3 aromatic heterocycles. The van der Waals surface area contributed by atoms with Gasteiger partial charge in [0.05, 0.1) is 17.1 Å². The lowest BCUT2D eigenvalue weighted by Crippen LogP contribution is -2.39. The summed E-state index contributed by atoms with van der Waals surface area (Å²) in [7, 11) is 3.18. The number of pyridine rings is 1. The van der Waals surface area contributed by atoms with Gasteiger partial charge in [-0.05, 0) is 91.6 Å². The zero-order chi connectivity index (χ0) is 41.5. The monoisotopic (exact) mass is 806 g/mol. The Balaban J connectivity index is 1.05. The zero-order valence-corrected chi connectivity index (χ0v) is 33.2. The molecule has 0 aliphatic carbocycles. The number of carbonyl (C=O) groups is 4. The Kier molecular flexibility index (Phi) is 10.9. The summed E-state index contributed by atoms with van der Waals surface area (Å²) in [5.74, 6) is -3.51. The molecule has 1 atom stereocenters. The molecule has 4 amide bonds. The van der Waals surface area contributed by atoms with Crippen LogP contribution in [-0.2, 0) is 20.9 Å². The number of anilines is 1. The normalized spacial score (nSPS) is 17.7. The third-order valence-corrected chi connectivity index (χ3v) is 11.8. The summed E-state index contributed by atoms with van der Waals surface area (Å²) < 4.78 is 50.3. The van der Waals surface area contributed by atoms with Gasteiger partial charge >= 0.3 is 0 Å². The Morgan fingerprint density at radius 3 is 2.47 bits per heavy atom. The van der Waals surface area contributed by atoms with Crippen molar-refractivity contribution in [2.24, 2.45) is 0 Å². The van der Waals surface area contributed by atoms with Gasteiger partial charge < -0.3 is 19.7 Å². The van der Waals surface area contributed by atoms with Crippen molar-refractivity contribution in [1.29, 1.82) is 0 Å². The summed E-state index contributed by atoms with van der Waals surface area (Å²) in [4.78, 5) is 63.0. The maximum absolute atomic E-state index is 16.6. The molecule has 0 radical (unpaired) electrons. The van der Waals surface area contributed by atoms with Crippen molar-refractivity contribution in [2.45, 2.75) is 63.8 Å². The molecule has 2 fully saturated rings. The number of hydrogen-bond acceptors (Lipinski definition) is 7. The number of nitrogens with zero attached hydrogens (tertiary/aromatic N) is 6. The van der Waals surface area contributed by atoms with Crippen LogP contribution in [0.25, 0.3) is 27.7 Å². The van der Waals surface area contributed by atoms with Crippen molar-refractivity contribution in [2.75, 3.05) is 45.2 Å². The van der Waals surface area contributed by atoms with Crippen molar-refractivity contribution in [3.8, 4) is 11.3 Å². The minimum Gasteiger partial charge on any atom is -0.369 e. The molecule has 0 spiro atoms. The SMILES string of the molecule is Cc1nc(-c2cc(C3=CCCN(C(=O)CCn4cccn4)C3)c(F)c3[nH]c(C(=O)N(C)C)cc23)c(F)cc1C1CCN(c2ccc(C3CCC(=O)NC3=O)cc2F)CC1. The fraction of sp³-hybridized carbons (Fsp3) is 0.364. The molecule has 2 aromatic carbocycles. The molecule has 12 nitrogen and oxygen atoms in total. The summed E-state index contributed by atoms with van der Waals surface area (Å²) in [6, 6.07) is 11.2. The van der Waals surface area contributed by atoms with Crippen molar-refractivity contribution in [3.63, 3.8) is 0 Å². The molecule has 306 valence electrons. The molecule has 2 N–H and O–H groups in total. The van der Waals surface area contributed by atoms with Gasteiger partial charge in [-0.15, -0.1) is 0 Å². The first-order chi connectivity index (χ1) is 28.4. The third kappa shape index (κ3) is 7.85. The van der Waals surface area contributed by atoms with E-state index in [1.165, 1.54) is 23.1 Å². The topological polar surface area (TPSA) is 137 Å². The third-order valence-electron chi connectivity index (χ3n) is 11.8. The standard InChI is InChI=1S/C44H45F3N8O4/c1-25-30(26-11-17-53(18-12-26)37-9-7-27(20-34(37)45)29-8-10-38(56)51-43(29)58)22-35(46)41(49-25)32-21-31(40(47)42-33(32)23-36(50-42)44(59)52(2)3)28-6-4-15-54(24-28)39(57)13-19-55-16-5-14-48-55/h5-7,9,14,16,20-23,26,29,50H,4,8,10-13,15,17-19,24H2,1-3H3,(H,51,56,58). The highest BCUT2D eigenvalue weighted by molar-refractivity contribution is 6.04. The van der Waals surface area contributed by atoms with Crippen LogP contribution in [0.4, 0.5) is 18.9 Å². The number of rotatable bonds is 9. The number of aromatic nitrogens is 4. The van der Waals surface area contributed by atoms with E-state index in [-0.39, 0.29) is 65.5 Å². The molecule has 0 bridgehead atoms. The average molecular weight is 807 g/mol. The van der Waals surface area contributed by atoms with Crippen LogP contribution in [0.5, 0.6) is 0 Å². The van der Waals surface area contributed by atoms with Gasteiger partial charge in [-0.1, -0.05) is 12.1 Å². The second kappa shape index (κ2) is 16.2. The van der Waals surface area contributed by atoms with Crippen LogP contribution in [-0.4, -0.2) is 93.5 Å². The molecule has 0 saturated carbocycles. The van der Waals surface area contributed by atoms with Crippen LogP contribution in [0.15, 0.2) is 60.9 Å². The van der Waals surface area contributed by atoms with Crippen LogP contribution in [0, 0.1) is 24.4 Å². The van der Waals surface area contributed by atoms with Crippen LogP contribution in [0.1, 0.15) is 83.2 Å². The van der Waals surface area contributed by atoms with Gasteiger partial charge in [0, 0.05) is 94.3 Å². The van der Waals surface area contributed by atoms with Gasteiger partial charge in [0.15, 0.2) is 5.82 Å². The van der Waals surface area contributed by atoms with Crippen molar-refractivity contribution in [3.05, 3.63) is 106 Å². The molecular formula is C44H45F3N8O4. The molecule has 3 aliphatic rings. The lowest BCUT2D eigenvalue weighted by atomic mass is 9.87. The maximum Gasteiger partial charge on any atom is 0.269 e. The highest BCUT2D eigenvalue weighted by Gasteiger charge is 2.31. The number of H-pyrrole nitrogens is 1. The molecule has 8 rings (SSSR count). The number of halogens is 3. The predicted molar refractivity (Wildman–Crippen MR) is 216 cm³/mol. The number of aromatic amines is 1. The van der Waals surface area contributed by atoms with Gasteiger partial charge in [-0.3, -0.25) is 29.2 Å². The second-order valence-electron chi connectivity index (χ2n) is 15.8. The number of benzene rings is 2. The summed E-state index contributed by atoms with van der Waals surface area (Å²) in [5, 5.41) is 6.80. The minimum atomic E-state index is -0.610. The Hall–Kier alpha value is -6.25. The van der Waals surface area contributed by atoms with E-state index in [1.807, 2.05) is 17.9 Å². The maximum atomic E-state index is 16.6. The predicted octanol–water partition coefficient (Wildman–Crippen LogP) is 6.46. The first-order valence-electron chi connectivity index (χ1n) is 19.9. The van der Waals surface area contributed by atoms with E-state index in [0.717, 1.165) is 5.56 Å². The Morgan fingerprint density at radius 1 is 0.966 bits per heavy atom. The fourth-order valence-electron chi connectivity index (χ4n) is 8.64. The lowest BCUT2D eigenvalue weighted by Gasteiger charge is -2.34. The Labute approximate surface area is 339 Å². The number of carbonyl (C=O) groups excluding carboxylic acids is 4.